The molecule has 0 spiro atoms. The summed E-state index contributed by atoms with van der Waals surface area (Å²) in [5.74, 6) is -0.535. The predicted octanol–water partition coefficient (Wildman–Crippen LogP) is 0.699. The fourth-order valence-electron chi connectivity index (χ4n) is 1.94. The van der Waals surface area contributed by atoms with Gasteiger partial charge in [-0.15, -0.1) is 0 Å². The zero-order valence-corrected chi connectivity index (χ0v) is 12.4. The maximum Gasteiger partial charge on any atom is 0.258 e. The third-order valence-electron chi connectivity index (χ3n) is 3.13. The standard InChI is InChI=1S/C14H23N3O2/c1-15(2)13(18)12(14(19)16(3)4)9-8-11-7-6-10-17(11)5/h8-9H,6-7,10H2,1-5H3/b11-8+. The van der Waals surface area contributed by atoms with E-state index in [2.05, 4.69) is 4.90 Å². The summed E-state index contributed by atoms with van der Waals surface area (Å²) in [5.41, 5.74) is 1.36. The van der Waals surface area contributed by atoms with Gasteiger partial charge in [0.1, 0.15) is 5.57 Å². The first kappa shape index (κ1) is 15.3. The molecule has 1 saturated heterocycles. The van der Waals surface area contributed by atoms with E-state index in [1.807, 2.05) is 13.1 Å². The van der Waals surface area contributed by atoms with Gasteiger partial charge in [0.2, 0.25) is 0 Å². The Hall–Kier alpha value is -1.78. The number of carbonyl (C=O) groups is 2. The summed E-state index contributed by atoms with van der Waals surface area (Å²) in [6, 6.07) is 0. The van der Waals surface area contributed by atoms with Gasteiger partial charge in [-0.3, -0.25) is 9.59 Å². The van der Waals surface area contributed by atoms with Crippen LogP contribution in [-0.4, -0.2) is 68.3 Å². The summed E-state index contributed by atoms with van der Waals surface area (Å²) in [4.78, 5) is 29.1. The van der Waals surface area contributed by atoms with Gasteiger partial charge in [0.15, 0.2) is 0 Å². The summed E-state index contributed by atoms with van der Waals surface area (Å²) >= 11 is 0. The van der Waals surface area contributed by atoms with E-state index in [9.17, 15) is 9.59 Å². The zero-order chi connectivity index (χ0) is 14.6. The first-order valence-corrected chi connectivity index (χ1v) is 6.40. The van der Waals surface area contributed by atoms with E-state index in [1.165, 1.54) is 9.80 Å². The quantitative estimate of drug-likeness (QED) is 0.428. The van der Waals surface area contributed by atoms with Crippen LogP contribution in [0, 0.1) is 0 Å². The highest BCUT2D eigenvalue weighted by Gasteiger charge is 2.21. The van der Waals surface area contributed by atoms with E-state index in [0.29, 0.717) is 0 Å². The molecule has 0 bridgehead atoms. The number of hydrogen-bond acceptors (Lipinski definition) is 3. The molecule has 5 nitrogen and oxygen atoms in total. The summed E-state index contributed by atoms with van der Waals surface area (Å²) in [7, 11) is 8.61. The van der Waals surface area contributed by atoms with Crippen molar-refractivity contribution in [2.75, 3.05) is 41.8 Å². The molecule has 0 aromatic carbocycles. The second kappa shape index (κ2) is 6.41. The van der Waals surface area contributed by atoms with Gasteiger partial charge in [0, 0.05) is 47.5 Å². The van der Waals surface area contributed by atoms with Crippen molar-refractivity contribution in [2.45, 2.75) is 12.8 Å². The normalized spacial score (nSPS) is 16.5. The van der Waals surface area contributed by atoms with E-state index in [4.69, 9.17) is 0 Å². The van der Waals surface area contributed by atoms with Crippen molar-refractivity contribution >= 4 is 11.8 Å². The van der Waals surface area contributed by atoms with Gasteiger partial charge in [-0.25, -0.2) is 0 Å². The Kier molecular flexibility index (Phi) is 5.15. The van der Waals surface area contributed by atoms with Crippen molar-refractivity contribution < 1.29 is 9.59 Å². The van der Waals surface area contributed by atoms with E-state index < -0.39 is 0 Å². The molecule has 5 heteroatoms. The van der Waals surface area contributed by atoms with Crippen molar-refractivity contribution in [1.29, 1.82) is 0 Å². The number of allylic oxidation sites excluding steroid dienone is 3. The maximum absolute atomic E-state index is 12.0. The van der Waals surface area contributed by atoms with Crippen LogP contribution in [-0.2, 0) is 9.59 Å². The van der Waals surface area contributed by atoms with Crippen LogP contribution < -0.4 is 0 Å². The molecule has 1 aliphatic heterocycles. The molecular weight excluding hydrogens is 242 g/mol. The zero-order valence-electron chi connectivity index (χ0n) is 12.4. The SMILES string of the molecule is CN(C)C(=O)C(=C/C=C1\CCCN1C)C(=O)N(C)C. The number of carbonyl (C=O) groups excluding carboxylic acids is 2. The topological polar surface area (TPSA) is 43.9 Å². The average Bonchev–Trinajstić information content (AvgIpc) is 2.74. The number of hydrogen-bond donors (Lipinski definition) is 0. The molecule has 0 unspecified atom stereocenters. The molecule has 19 heavy (non-hydrogen) atoms. The van der Waals surface area contributed by atoms with Gasteiger partial charge in [0.25, 0.3) is 11.8 Å². The van der Waals surface area contributed by atoms with Gasteiger partial charge < -0.3 is 14.7 Å². The smallest absolute Gasteiger partial charge is 0.258 e. The first-order valence-electron chi connectivity index (χ1n) is 6.40. The Balaban J connectivity index is 3.03. The van der Waals surface area contributed by atoms with Crippen LogP contribution in [0.5, 0.6) is 0 Å². The van der Waals surface area contributed by atoms with Gasteiger partial charge >= 0.3 is 0 Å². The Labute approximate surface area is 115 Å². The molecule has 0 saturated carbocycles. The molecule has 0 radical (unpaired) electrons. The third-order valence-corrected chi connectivity index (χ3v) is 3.13. The van der Waals surface area contributed by atoms with Crippen molar-refractivity contribution in [3.63, 3.8) is 0 Å². The molecule has 0 aromatic heterocycles. The van der Waals surface area contributed by atoms with Gasteiger partial charge in [-0.2, -0.15) is 0 Å². The van der Waals surface area contributed by atoms with Crippen molar-refractivity contribution in [1.82, 2.24) is 14.7 Å². The van der Waals surface area contributed by atoms with Gasteiger partial charge in [-0.1, -0.05) is 0 Å². The van der Waals surface area contributed by atoms with E-state index in [-0.39, 0.29) is 17.4 Å². The molecule has 106 valence electrons. The van der Waals surface area contributed by atoms with Crippen LogP contribution in [0.2, 0.25) is 0 Å². The molecule has 2 amide bonds. The molecule has 0 N–H and O–H groups in total. The number of nitrogens with zero attached hydrogens (tertiary/aromatic N) is 3. The highest BCUT2D eigenvalue weighted by atomic mass is 16.2. The van der Waals surface area contributed by atoms with Crippen molar-refractivity contribution in [2.24, 2.45) is 0 Å². The lowest BCUT2D eigenvalue weighted by atomic mass is 10.1. The summed E-state index contributed by atoms with van der Waals surface area (Å²) in [6.45, 7) is 1.03. The second-order valence-corrected chi connectivity index (χ2v) is 5.16. The molecule has 1 aliphatic rings. The number of rotatable bonds is 3. The Bertz CT molecular complexity index is 400. The summed E-state index contributed by atoms with van der Waals surface area (Å²) < 4.78 is 0. The second-order valence-electron chi connectivity index (χ2n) is 5.16. The monoisotopic (exact) mass is 265 g/mol. The van der Waals surface area contributed by atoms with Gasteiger partial charge in [-0.05, 0) is 25.0 Å². The molecule has 1 fully saturated rings. The Morgan fingerprint density at radius 3 is 2.00 bits per heavy atom. The van der Waals surface area contributed by atoms with Crippen LogP contribution in [0.4, 0.5) is 0 Å². The Morgan fingerprint density at radius 2 is 1.63 bits per heavy atom. The minimum absolute atomic E-state index is 0.197. The van der Waals surface area contributed by atoms with E-state index >= 15 is 0 Å². The van der Waals surface area contributed by atoms with Crippen LogP contribution in [0.3, 0.4) is 0 Å². The van der Waals surface area contributed by atoms with Crippen LogP contribution in [0.15, 0.2) is 23.4 Å². The summed E-state index contributed by atoms with van der Waals surface area (Å²) in [5, 5.41) is 0. The average molecular weight is 265 g/mol. The number of amides is 2. The maximum atomic E-state index is 12.0. The van der Waals surface area contributed by atoms with Crippen molar-refractivity contribution in [3.05, 3.63) is 23.4 Å². The molecular formula is C14H23N3O2. The summed E-state index contributed by atoms with van der Waals surface area (Å²) in [6.07, 6.45) is 5.63. The molecule has 1 rings (SSSR count). The van der Waals surface area contributed by atoms with E-state index in [1.54, 1.807) is 34.3 Å². The lowest BCUT2D eigenvalue weighted by Crippen LogP contribution is -2.33. The van der Waals surface area contributed by atoms with Crippen LogP contribution in [0.1, 0.15) is 12.8 Å². The number of likely N-dealkylation sites (N-methyl/N-ethyl adjacent to an activating group) is 2. The fourth-order valence-corrected chi connectivity index (χ4v) is 1.94. The predicted molar refractivity (Wildman–Crippen MR) is 75.4 cm³/mol. The fraction of sp³-hybridized carbons (Fsp3) is 0.571. The molecule has 0 atom stereocenters. The highest BCUT2D eigenvalue weighted by molar-refractivity contribution is 6.18. The minimum atomic E-state index is -0.267. The lowest BCUT2D eigenvalue weighted by molar-refractivity contribution is -0.131. The molecule has 1 heterocycles. The van der Waals surface area contributed by atoms with Gasteiger partial charge in [0.05, 0.1) is 0 Å². The van der Waals surface area contributed by atoms with Crippen molar-refractivity contribution in [3.8, 4) is 0 Å². The largest absolute Gasteiger partial charge is 0.378 e. The van der Waals surface area contributed by atoms with Crippen LogP contribution >= 0.6 is 0 Å². The number of likely N-dealkylation sites (tertiary alicyclic amines) is 1. The minimum Gasteiger partial charge on any atom is -0.378 e. The first-order chi connectivity index (χ1) is 8.84. The Morgan fingerprint density at radius 1 is 1.11 bits per heavy atom. The third kappa shape index (κ3) is 3.84. The van der Waals surface area contributed by atoms with Crippen LogP contribution in [0.25, 0.3) is 0 Å². The molecule has 0 aromatic rings. The lowest BCUT2D eigenvalue weighted by Gasteiger charge is -2.17. The highest BCUT2D eigenvalue weighted by Crippen LogP contribution is 2.19. The van der Waals surface area contributed by atoms with E-state index in [0.717, 1.165) is 25.1 Å². The molecule has 0 aliphatic carbocycles.